The minimum Gasteiger partial charge on any atom is -0.369 e. The predicted octanol–water partition coefficient (Wildman–Crippen LogP) is 1.14. The van der Waals surface area contributed by atoms with Crippen molar-refractivity contribution in [3.63, 3.8) is 0 Å². The molecule has 0 bridgehead atoms. The Morgan fingerprint density at radius 1 is 1.14 bits per heavy atom. The molecule has 0 saturated heterocycles. The van der Waals surface area contributed by atoms with E-state index < -0.39 is 5.91 Å². The molecule has 0 fully saturated rings. The molecule has 0 heterocycles. The van der Waals surface area contributed by atoms with Crippen molar-refractivity contribution in [3.05, 3.63) is 35.4 Å². The van der Waals surface area contributed by atoms with Crippen LogP contribution >= 0.6 is 11.8 Å². The molecule has 21 heavy (non-hydrogen) atoms. The summed E-state index contributed by atoms with van der Waals surface area (Å²) in [6, 6.07) is 7.87. The van der Waals surface area contributed by atoms with Crippen LogP contribution in [0.25, 0.3) is 0 Å². The molecule has 0 aliphatic rings. The van der Waals surface area contributed by atoms with Crippen molar-refractivity contribution in [2.24, 2.45) is 11.5 Å². The maximum Gasteiger partial charge on any atom is 0.230 e. The highest BCUT2D eigenvalue weighted by molar-refractivity contribution is 8.00. The molecule has 0 aromatic heterocycles. The standard InChI is InChI=1S/C15H23N3O2S/c1-10(2)11-3-5-12(6-4-11)13(16)7-18-15(20)9-21-8-14(17)19/h3-6,10,13H,7-9,16H2,1-2H3,(H2,17,19)(H,18,20). The molecule has 2 amide bonds. The third-order valence-corrected chi connectivity index (χ3v) is 3.98. The van der Waals surface area contributed by atoms with Gasteiger partial charge in [-0.05, 0) is 17.0 Å². The molecule has 0 aliphatic heterocycles. The summed E-state index contributed by atoms with van der Waals surface area (Å²) in [5.41, 5.74) is 13.3. The molecule has 1 unspecified atom stereocenters. The van der Waals surface area contributed by atoms with Crippen molar-refractivity contribution in [1.82, 2.24) is 5.32 Å². The first kappa shape index (κ1) is 17.5. The number of primary amides is 1. The molecule has 0 saturated carbocycles. The molecule has 116 valence electrons. The molecule has 0 radical (unpaired) electrons. The number of carbonyl (C=O) groups is 2. The Bertz CT molecular complexity index is 474. The van der Waals surface area contributed by atoms with Gasteiger partial charge in [0.2, 0.25) is 11.8 Å². The van der Waals surface area contributed by atoms with Gasteiger partial charge in [-0.1, -0.05) is 38.1 Å². The minimum atomic E-state index is -0.422. The van der Waals surface area contributed by atoms with Crippen LogP contribution in [0.4, 0.5) is 0 Å². The van der Waals surface area contributed by atoms with Crippen LogP contribution in [0.5, 0.6) is 0 Å². The van der Waals surface area contributed by atoms with Crippen LogP contribution < -0.4 is 16.8 Å². The van der Waals surface area contributed by atoms with Gasteiger partial charge in [0.05, 0.1) is 11.5 Å². The maximum atomic E-state index is 11.6. The van der Waals surface area contributed by atoms with Gasteiger partial charge in [-0.3, -0.25) is 9.59 Å². The first-order chi connectivity index (χ1) is 9.90. The second-order valence-electron chi connectivity index (χ2n) is 5.19. The van der Waals surface area contributed by atoms with E-state index in [1.54, 1.807) is 0 Å². The Kier molecular flexibility index (Phi) is 7.25. The third-order valence-electron chi connectivity index (χ3n) is 3.03. The number of amides is 2. The number of rotatable bonds is 8. The van der Waals surface area contributed by atoms with E-state index >= 15 is 0 Å². The van der Waals surface area contributed by atoms with Crippen LogP contribution in [0.2, 0.25) is 0 Å². The number of hydrogen-bond donors (Lipinski definition) is 3. The lowest BCUT2D eigenvalue weighted by Crippen LogP contribution is -2.33. The van der Waals surface area contributed by atoms with Gasteiger partial charge in [-0.25, -0.2) is 0 Å². The smallest absolute Gasteiger partial charge is 0.230 e. The highest BCUT2D eigenvalue weighted by atomic mass is 32.2. The highest BCUT2D eigenvalue weighted by Crippen LogP contribution is 2.17. The SMILES string of the molecule is CC(C)c1ccc(C(N)CNC(=O)CSCC(N)=O)cc1. The molecular formula is C15H23N3O2S. The summed E-state index contributed by atoms with van der Waals surface area (Å²) in [6.45, 7) is 4.65. The van der Waals surface area contributed by atoms with Crippen molar-refractivity contribution in [2.45, 2.75) is 25.8 Å². The highest BCUT2D eigenvalue weighted by Gasteiger charge is 2.09. The monoisotopic (exact) mass is 309 g/mol. The van der Waals surface area contributed by atoms with E-state index in [2.05, 4.69) is 31.3 Å². The summed E-state index contributed by atoms with van der Waals surface area (Å²) in [6.07, 6.45) is 0. The fourth-order valence-corrected chi connectivity index (χ4v) is 2.36. The number of carbonyl (C=O) groups excluding carboxylic acids is 2. The van der Waals surface area contributed by atoms with Crippen molar-refractivity contribution >= 4 is 23.6 Å². The van der Waals surface area contributed by atoms with Crippen LogP contribution in [0.3, 0.4) is 0 Å². The van der Waals surface area contributed by atoms with Crippen molar-refractivity contribution in [2.75, 3.05) is 18.1 Å². The van der Waals surface area contributed by atoms with E-state index in [-0.39, 0.29) is 23.5 Å². The average Bonchev–Trinajstić information content (AvgIpc) is 2.44. The molecule has 1 rings (SSSR count). The number of nitrogens with two attached hydrogens (primary N) is 2. The van der Waals surface area contributed by atoms with Crippen molar-refractivity contribution in [1.29, 1.82) is 0 Å². The van der Waals surface area contributed by atoms with Crippen LogP contribution in [0.15, 0.2) is 24.3 Å². The molecule has 1 aromatic rings. The van der Waals surface area contributed by atoms with Crippen LogP contribution in [-0.4, -0.2) is 29.9 Å². The fourth-order valence-electron chi connectivity index (χ4n) is 1.77. The number of thioether (sulfide) groups is 1. The largest absolute Gasteiger partial charge is 0.369 e. The van der Waals surface area contributed by atoms with E-state index in [0.29, 0.717) is 12.5 Å². The molecule has 5 N–H and O–H groups in total. The second-order valence-corrected chi connectivity index (χ2v) is 6.18. The van der Waals surface area contributed by atoms with E-state index in [4.69, 9.17) is 11.5 Å². The van der Waals surface area contributed by atoms with Crippen molar-refractivity contribution < 1.29 is 9.59 Å². The number of nitrogens with one attached hydrogen (secondary N) is 1. The topological polar surface area (TPSA) is 98.2 Å². The lowest BCUT2D eigenvalue weighted by atomic mass is 9.99. The second kappa shape index (κ2) is 8.69. The Hall–Kier alpha value is -1.53. The summed E-state index contributed by atoms with van der Waals surface area (Å²) in [5, 5.41) is 2.76. The van der Waals surface area contributed by atoms with Crippen LogP contribution in [-0.2, 0) is 9.59 Å². The quantitative estimate of drug-likeness (QED) is 0.671. The zero-order valence-electron chi connectivity index (χ0n) is 12.5. The third kappa shape index (κ3) is 6.64. The first-order valence-electron chi connectivity index (χ1n) is 6.88. The van der Waals surface area contributed by atoms with Gasteiger partial charge in [-0.2, -0.15) is 0 Å². The van der Waals surface area contributed by atoms with Crippen molar-refractivity contribution in [3.8, 4) is 0 Å². The van der Waals surface area contributed by atoms with Gasteiger partial charge in [0.1, 0.15) is 0 Å². The van der Waals surface area contributed by atoms with E-state index in [0.717, 1.165) is 5.56 Å². The summed E-state index contributed by atoms with van der Waals surface area (Å²) in [4.78, 5) is 22.1. The summed E-state index contributed by atoms with van der Waals surface area (Å²) >= 11 is 1.19. The molecule has 6 heteroatoms. The Labute approximate surface area is 129 Å². The zero-order valence-corrected chi connectivity index (χ0v) is 13.3. The van der Waals surface area contributed by atoms with Gasteiger partial charge in [0, 0.05) is 12.6 Å². The van der Waals surface area contributed by atoms with E-state index in [9.17, 15) is 9.59 Å². The number of hydrogen-bond acceptors (Lipinski definition) is 4. The van der Waals surface area contributed by atoms with Gasteiger partial charge < -0.3 is 16.8 Å². The molecule has 5 nitrogen and oxygen atoms in total. The van der Waals surface area contributed by atoms with Gasteiger partial charge in [-0.15, -0.1) is 11.8 Å². The normalized spacial score (nSPS) is 12.2. The average molecular weight is 309 g/mol. The maximum absolute atomic E-state index is 11.6. The van der Waals surface area contributed by atoms with Gasteiger partial charge in [0.25, 0.3) is 0 Å². The lowest BCUT2D eigenvalue weighted by Gasteiger charge is -2.14. The summed E-state index contributed by atoms with van der Waals surface area (Å²) in [5.74, 6) is 0.278. The minimum absolute atomic E-state index is 0.143. The summed E-state index contributed by atoms with van der Waals surface area (Å²) < 4.78 is 0. The van der Waals surface area contributed by atoms with Gasteiger partial charge in [0.15, 0.2) is 0 Å². The van der Waals surface area contributed by atoms with Gasteiger partial charge >= 0.3 is 0 Å². The fraction of sp³-hybridized carbons (Fsp3) is 0.467. The predicted molar refractivity (Wildman–Crippen MR) is 87.0 cm³/mol. The molecule has 0 spiro atoms. The molecule has 0 aliphatic carbocycles. The Morgan fingerprint density at radius 2 is 1.71 bits per heavy atom. The Balaban J connectivity index is 2.37. The molecule has 1 atom stereocenters. The Morgan fingerprint density at radius 3 is 2.24 bits per heavy atom. The summed E-state index contributed by atoms with van der Waals surface area (Å²) in [7, 11) is 0. The molecular weight excluding hydrogens is 286 g/mol. The lowest BCUT2D eigenvalue weighted by molar-refractivity contribution is -0.118. The van der Waals surface area contributed by atoms with Crippen LogP contribution in [0.1, 0.15) is 36.9 Å². The molecule has 1 aromatic carbocycles. The number of benzene rings is 1. The van der Waals surface area contributed by atoms with Crippen LogP contribution in [0, 0.1) is 0 Å². The zero-order chi connectivity index (χ0) is 15.8. The van der Waals surface area contributed by atoms with E-state index in [1.165, 1.54) is 17.3 Å². The van der Waals surface area contributed by atoms with E-state index in [1.807, 2.05) is 12.1 Å². The first-order valence-corrected chi connectivity index (χ1v) is 8.03.